The van der Waals surface area contributed by atoms with Crippen LogP contribution in [0.15, 0.2) is 48.7 Å². The molecule has 0 radical (unpaired) electrons. The second-order valence-electron chi connectivity index (χ2n) is 4.58. The molecule has 0 aliphatic rings. The summed E-state index contributed by atoms with van der Waals surface area (Å²) in [6, 6.07) is 14.2. The fourth-order valence-corrected chi connectivity index (χ4v) is 1.93. The summed E-state index contributed by atoms with van der Waals surface area (Å²) >= 11 is 0. The maximum Gasteiger partial charge on any atom is 0.0947 e. The summed E-state index contributed by atoms with van der Waals surface area (Å²) in [4.78, 5) is 4.27. The van der Waals surface area contributed by atoms with Gasteiger partial charge in [0.1, 0.15) is 0 Å². The molecule has 0 aliphatic carbocycles. The number of nitrogens with two attached hydrogens (primary N) is 1. The number of rotatable bonds is 6. The molecule has 1 unspecified atom stereocenters. The van der Waals surface area contributed by atoms with Crippen LogP contribution < -0.4 is 5.73 Å². The molecule has 0 fully saturated rings. The Bertz CT molecular complexity index is 482. The number of pyridine rings is 1. The highest BCUT2D eigenvalue weighted by atomic mass is 16.5. The first-order valence-electron chi connectivity index (χ1n) is 6.57. The molecule has 1 atom stereocenters. The van der Waals surface area contributed by atoms with Crippen LogP contribution in [0.25, 0.3) is 0 Å². The first-order valence-corrected chi connectivity index (χ1v) is 6.57. The lowest BCUT2D eigenvalue weighted by atomic mass is 10.1. The van der Waals surface area contributed by atoms with Gasteiger partial charge in [0.15, 0.2) is 0 Å². The fraction of sp³-hybridized carbons (Fsp3) is 0.312. The molecule has 2 N–H and O–H groups in total. The molecule has 0 aliphatic heterocycles. The molecule has 2 rings (SSSR count). The van der Waals surface area contributed by atoms with Gasteiger partial charge < -0.3 is 10.5 Å². The summed E-state index contributed by atoms with van der Waals surface area (Å²) in [6.07, 6.45) is 2.57. The van der Waals surface area contributed by atoms with Crippen LogP contribution in [0.2, 0.25) is 0 Å². The molecule has 100 valence electrons. The van der Waals surface area contributed by atoms with Crippen LogP contribution in [-0.2, 0) is 11.2 Å². The van der Waals surface area contributed by atoms with Gasteiger partial charge in [0.25, 0.3) is 0 Å². The van der Waals surface area contributed by atoms with Gasteiger partial charge in [-0.2, -0.15) is 0 Å². The molecular weight excluding hydrogens is 236 g/mol. The molecule has 0 saturated heterocycles. The number of aryl methyl sites for hydroxylation is 1. The average Bonchev–Trinajstić information content (AvgIpc) is 2.46. The minimum Gasteiger partial charge on any atom is -0.372 e. The number of hydrogen-bond donors (Lipinski definition) is 1. The highest BCUT2D eigenvalue weighted by Crippen LogP contribution is 2.17. The van der Waals surface area contributed by atoms with E-state index in [1.807, 2.05) is 18.2 Å². The summed E-state index contributed by atoms with van der Waals surface area (Å²) < 4.78 is 5.86. The summed E-state index contributed by atoms with van der Waals surface area (Å²) in [5.41, 5.74) is 9.20. The first kappa shape index (κ1) is 13.7. The Balaban J connectivity index is 1.87. The Kier molecular flexibility index (Phi) is 5.07. The SMILES string of the molecule is Cc1ccc(C(CN)OCCc2ccccn2)cc1. The van der Waals surface area contributed by atoms with E-state index in [1.165, 1.54) is 5.56 Å². The molecule has 19 heavy (non-hydrogen) atoms. The molecule has 0 saturated carbocycles. The highest BCUT2D eigenvalue weighted by molar-refractivity contribution is 5.23. The van der Waals surface area contributed by atoms with Crippen molar-refractivity contribution in [3.63, 3.8) is 0 Å². The van der Waals surface area contributed by atoms with Gasteiger partial charge in [-0.1, -0.05) is 35.9 Å². The Morgan fingerprint density at radius 3 is 2.58 bits per heavy atom. The van der Waals surface area contributed by atoms with Gasteiger partial charge in [0.2, 0.25) is 0 Å². The highest BCUT2D eigenvalue weighted by Gasteiger charge is 2.09. The number of hydrogen-bond acceptors (Lipinski definition) is 3. The van der Waals surface area contributed by atoms with E-state index in [4.69, 9.17) is 10.5 Å². The Labute approximate surface area is 114 Å². The third-order valence-corrected chi connectivity index (χ3v) is 3.07. The predicted octanol–water partition coefficient (Wildman–Crippen LogP) is 2.65. The van der Waals surface area contributed by atoms with Crippen molar-refractivity contribution in [2.75, 3.05) is 13.2 Å². The zero-order valence-corrected chi connectivity index (χ0v) is 11.3. The molecular formula is C16H20N2O. The van der Waals surface area contributed by atoms with Crippen molar-refractivity contribution in [3.05, 3.63) is 65.5 Å². The normalized spacial score (nSPS) is 12.3. The third-order valence-electron chi connectivity index (χ3n) is 3.07. The van der Waals surface area contributed by atoms with Crippen molar-refractivity contribution in [3.8, 4) is 0 Å². The largest absolute Gasteiger partial charge is 0.372 e. The van der Waals surface area contributed by atoms with Crippen LogP contribution >= 0.6 is 0 Å². The fourth-order valence-electron chi connectivity index (χ4n) is 1.93. The van der Waals surface area contributed by atoms with Crippen molar-refractivity contribution in [1.29, 1.82) is 0 Å². The van der Waals surface area contributed by atoms with Crippen molar-refractivity contribution >= 4 is 0 Å². The minimum absolute atomic E-state index is 0.0377. The zero-order chi connectivity index (χ0) is 13.5. The van der Waals surface area contributed by atoms with Crippen molar-refractivity contribution in [2.24, 2.45) is 5.73 Å². The van der Waals surface area contributed by atoms with Crippen molar-refractivity contribution < 1.29 is 4.74 Å². The van der Waals surface area contributed by atoms with Crippen LogP contribution in [0.5, 0.6) is 0 Å². The summed E-state index contributed by atoms with van der Waals surface area (Å²) in [7, 11) is 0. The minimum atomic E-state index is -0.0377. The van der Waals surface area contributed by atoms with Crippen LogP contribution in [0.4, 0.5) is 0 Å². The lowest BCUT2D eigenvalue weighted by Gasteiger charge is -2.16. The first-order chi connectivity index (χ1) is 9.29. The van der Waals surface area contributed by atoms with E-state index in [0.717, 1.165) is 17.7 Å². The number of aromatic nitrogens is 1. The Morgan fingerprint density at radius 1 is 1.16 bits per heavy atom. The van der Waals surface area contributed by atoms with Crippen LogP contribution in [0, 0.1) is 6.92 Å². The monoisotopic (exact) mass is 256 g/mol. The summed E-state index contributed by atoms with van der Waals surface area (Å²) in [6.45, 7) is 3.20. The van der Waals surface area contributed by atoms with E-state index >= 15 is 0 Å². The van der Waals surface area contributed by atoms with Crippen LogP contribution in [-0.4, -0.2) is 18.1 Å². The molecule has 1 aromatic carbocycles. The quantitative estimate of drug-likeness (QED) is 0.864. The van der Waals surface area contributed by atoms with E-state index in [-0.39, 0.29) is 6.10 Å². The maximum absolute atomic E-state index is 5.86. The molecule has 0 bridgehead atoms. The number of benzene rings is 1. The number of ether oxygens (including phenoxy) is 1. The summed E-state index contributed by atoms with van der Waals surface area (Å²) in [5.74, 6) is 0. The molecule has 1 heterocycles. The van der Waals surface area contributed by atoms with Gasteiger partial charge in [-0.15, -0.1) is 0 Å². The van der Waals surface area contributed by atoms with Gasteiger partial charge in [-0.05, 0) is 24.6 Å². The molecule has 2 aromatic rings. The van der Waals surface area contributed by atoms with Gasteiger partial charge >= 0.3 is 0 Å². The lowest BCUT2D eigenvalue weighted by Crippen LogP contribution is -2.17. The van der Waals surface area contributed by atoms with E-state index in [9.17, 15) is 0 Å². The van der Waals surface area contributed by atoms with E-state index in [2.05, 4.69) is 36.2 Å². The second kappa shape index (κ2) is 7.02. The van der Waals surface area contributed by atoms with Gasteiger partial charge in [-0.3, -0.25) is 4.98 Å². The molecule has 0 amide bonds. The smallest absolute Gasteiger partial charge is 0.0947 e. The topological polar surface area (TPSA) is 48.1 Å². The molecule has 1 aromatic heterocycles. The van der Waals surface area contributed by atoms with Crippen LogP contribution in [0.1, 0.15) is 22.9 Å². The van der Waals surface area contributed by atoms with Crippen LogP contribution in [0.3, 0.4) is 0 Å². The van der Waals surface area contributed by atoms with Gasteiger partial charge in [-0.25, -0.2) is 0 Å². The zero-order valence-electron chi connectivity index (χ0n) is 11.3. The lowest BCUT2D eigenvalue weighted by molar-refractivity contribution is 0.0605. The summed E-state index contributed by atoms with van der Waals surface area (Å²) in [5, 5.41) is 0. The molecule has 0 spiro atoms. The molecule has 3 nitrogen and oxygen atoms in total. The molecule has 3 heteroatoms. The van der Waals surface area contributed by atoms with E-state index in [0.29, 0.717) is 13.2 Å². The second-order valence-corrected chi connectivity index (χ2v) is 4.58. The Hall–Kier alpha value is -1.71. The van der Waals surface area contributed by atoms with Crippen molar-refractivity contribution in [2.45, 2.75) is 19.4 Å². The standard InChI is InChI=1S/C16H20N2O/c1-13-5-7-14(8-6-13)16(12-17)19-11-9-15-4-2-3-10-18-15/h2-8,10,16H,9,11-12,17H2,1H3. The number of nitrogens with zero attached hydrogens (tertiary/aromatic N) is 1. The average molecular weight is 256 g/mol. The maximum atomic E-state index is 5.86. The van der Waals surface area contributed by atoms with Gasteiger partial charge in [0, 0.05) is 24.9 Å². The predicted molar refractivity (Wildman–Crippen MR) is 76.9 cm³/mol. The third kappa shape index (κ3) is 4.16. The van der Waals surface area contributed by atoms with E-state index < -0.39 is 0 Å². The van der Waals surface area contributed by atoms with E-state index in [1.54, 1.807) is 6.20 Å². The van der Waals surface area contributed by atoms with Gasteiger partial charge in [0.05, 0.1) is 12.7 Å². The Morgan fingerprint density at radius 2 is 1.95 bits per heavy atom. The van der Waals surface area contributed by atoms with Crippen molar-refractivity contribution in [1.82, 2.24) is 4.98 Å².